The zero-order chi connectivity index (χ0) is 29.6. The van der Waals surface area contributed by atoms with Crippen LogP contribution in [0.3, 0.4) is 0 Å². The number of primary amides is 1. The topological polar surface area (TPSA) is 95.5 Å². The van der Waals surface area contributed by atoms with Gasteiger partial charge in [0.2, 0.25) is 11.8 Å². The highest BCUT2D eigenvalue weighted by atomic mass is 35.5. The van der Waals surface area contributed by atoms with Crippen molar-refractivity contribution in [3.05, 3.63) is 87.1 Å². The van der Waals surface area contributed by atoms with Crippen LogP contribution < -0.4 is 10.5 Å². The van der Waals surface area contributed by atoms with Crippen molar-refractivity contribution < 1.29 is 31.8 Å². The Bertz CT molecular complexity index is 1670. The maximum absolute atomic E-state index is 14.2. The van der Waals surface area contributed by atoms with Crippen LogP contribution in [0.2, 0.25) is 5.02 Å². The zero-order valence-corrected chi connectivity index (χ0v) is 23.0. The highest BCUT2D eigenvalue weighted by Gasteiger charge is 2.37. The van der Waals surface area contributed by atoms with E-state index in [0.29, 0.717) is 55.0 Å². The summed E-state index contributed by atoms with van der Waals surface area (Å²) in [5, 5.41) is 0.168. The Labute approximate surface area is 243 Å². The zero-order valence-electron chi connectivity index (χ0n) is 22.3. The number of alkyl halides is 3. The first-order valence-electron chi connectivity index (χ1n) is 13.3. The third-order valence-electron chi connectivity index (χ3n) is 7.57. The first-order chi connectivity index (χ1) is 20.0. The molecule has 0 spiro atoms. The molecular weight excluding hydrogens is 578 g/mol. The van der Waals surface area contributed by atoms with Crippen LogP contribution >= 0.6 is 11.6 Å². The fourth-order valence-corrected chi connectivity index (χ4v) is 5.38. The molecule has 2 aromatic carbocycles. The van der Waals surface area contributed by atoms with Gasteiger partial charge in [-0.05, 0) is 54.8 Å². The highest BCUT2D eigenvalue weighted by Crippen LogP contribution is 2.38. The number of halogens is 5. The maximum Gasteiger partial charge on any atom is 0.421 e. The Balaban J connectivity index is 1.27. The minimum atomic E-state index is -4.70. The number of imidazole rings is 1. The number of pyridine rings is 1. The molecule has 0 radical (unpaired) electrons. The average Bonchev–Trinajstić information content (AvgIpc) is 3.24. The van der Waals surface area contributed by atoms with Crippen LogP contribution in [0.25, 0.3) is 11.0 Å². The number of rotatable bonds is 8. The van der Waals surface area contributed by atoms with Gasteiger partial charge >= 0.3 is 6.18 Å². The second-order valence-corrected chi connectivity index (χ2v) is 10.9. The number of amides is 1. The van der Waals surface area contributed by atoms with Crippen LogP contribution in [0.4, 0.5) is 17.6 Å². The summed E-state index contributed by atoms with van der Waals surface area (Å²) in [5.74, 6) is -1.11. The third-order valence-corrected chi connectivity index (χ3v) is 7.80. The van der Waals surface area contributed by atoms with E-state index < -0.39 is 36.0 Å². The molecule has 2 N–H and O–H groups in total. The molecule has 6 rings (SSSR count). The van der Waals surface area contributed by atoms with E-state index in [0.717, 1.165) is 29.9 Å². The normalized spacial score (nSPS) is 17.2. The Morgan fingerprint density at radius 3 is 2.67 bits per heavy atom. The summed E-state index contributed by atoms with van der Waals surface area (Å²) in [7, 11) is 0. The average molecular weight is 604 g/mol. The predicted molar refractivity (Wildman–Crippen MR) is 145 cm³/mol. The summed E-state index contributed by atoms with van der Waals surface area (Å²) < 4.78 is 69.2. The lowest BCUT2D eigenvalue weighted by molar-refractivity contribution is -0.139. The molecule has 13 heteroatoms. The summed E-state index contributed by atoms with van der Waals surface area (Å²) in [6.45, 7) is 1.97. The molecule has 1 saturated heterocycles. The van der Waals surface area contributed by atoms with Crippen molar-refractivity contribution in [1.82, 2.24) is 19.4 Å². The van der Waals surface area contributed by atoms with Gasteiger partial charge in [-0.1, -0.05) is 17.7 Å². The number of hydrogen-bond donors (Lipinski definition) is 1. The van der Waals surface area contributed by atoms with Gasteiger partial charge in [-0.2, -0.15) is 13.2 Å². The van der Waals surface area contributed by atoms with E-state index in [2.05, 4.69) is 9.55 Å². The van der Waals surface area contributed by atoms with Gasteiger partial charge in [0.15, 0.2) is 0 Å². The lowest BCUT2D eigenvalue weighted by Gasteiger charge is -2.30. The van der Waals surface area contributed by atoms with Gasteiger partial charge in [0.1, 0.15) is 23.8 Å². The lowest BCUT2D eigenvalue weighted by Crippen LogP contribution is -2.34. The predicted octanol–water partition coefficient (Wildman–Crippen LogP) is 5.27. The van der Waals surface area contributed by atoms with Crippen molar-refractivity contribution in [2.45, 2.75) is 51.4 Å². The largest absolute Gasteiger partial charge is 0.472 e. The van der Waals surface area contributed by atoms with E-state index in [1.54, 1.807) is 12.1 Å². The first-order valence-corrected chi connectivity index (χ1v) is 13.7. The van der Waals surface area contributed by atoms with E-state index in [-0.39, 0.29) is 23.2 Å². The number of carbonyl (C=O) groups is 1. The summed E-state index contributed by atoms with van der Waals surface area (Å²) in [4.78, 5) is 22.8. The Hall–Kier alpha value is -3.74. The second-order valence-electron chi connectivity index (χ2n) is 10.4. The Morgan fingerprint density at radius 2 is 1.98 bits per heavy atom. The van der Waals surface area contributed by atoms with Gasteiger partial charge < -0.3 is 19.8 Å². The number of fused-ring (bicyclic) bond motifs is 2. The van der Waals surface area contributed by atoms with Crippen LogP contribution in [-0.2, 0) is 43.6 Å². The van der Waals surface area contributed by atoms with Gasteiger partial charge in [0.25, 0.3) is 0 Å². The molecule has 0 aliphatic carbocycles. The number of benzene rings is 2. The van der Waals surface area contributed by atoms with Gasteiger partial charge in [0, 0.05) is 35.8 Å². The fourth-order valence-electron chi connectivity index (χ4n) is 5.22. The number of hydrogen-bond acceptors (Lipinski definition) is 6. The molecule has 4 aromatic rings. The lowest BCUT2D eigenvalue weighted by atomic mass is 10.0. The number of nitrogens with two attached hydrogens (primary N) is 1. The second kappa shape index (κ2) is 11.2. The fraction of sp³-hybridized carbons (Fsp3) is 0.345. The molecule has 42 heavy (non-hydrogen) atoms. The van der Waals surface area contributed by atoms with Crippen LogP contribution in [-0.4, -0.2) is 44.6 Å². The minimum absolute atomic E-state index is 0.0479. The van der Waals surface area contributed by atoms with Crippen LogP contribution in [0.15, 0.2) is 42.5 Å². The molecule has 0 saturated carbocycles. The van der Waals surface area contributed by atoms with Gasteiger partial charge in [-0.25, -0.2) is 14.4 Å². The summed E-state index contributed by atoms with van der Waals surface area (Å²) in [6, 6.07) is 10.1. The van der Waals surface area contributed by atoms with E-state index in [9.17, 15) is 22.4 Å². The van der Waals surface area contributed by atoms with Gasteiger partial charge in [-0.3, -0.25) is 9.69 Å². The first kappa shape index (κ1) is 28.4. The van der Waals surface area contributed by atoms with Crippen molar-refractivity contribution in [3.8, 4) is 5.88 Å². The molecule has 1 atom stereocenters. The van der Waals surface area contributed by atoms with Crippen molar-refractivity contribution in [2.24, 2.45) is 5.73 Å². The van der Waals surface area contributed by atoms with E-state index in [1.807, 2.05) is 11.0 Å². The molecule has 220 valence electrons. The molecule has 4 heterocycles. The van der Waals surface area contributed by atoms with Crippen LogP contribution in [0.1, 0.15) is 45.0 Å². The highest BCUT2D eigenvalue weighted by molar-refractivity contribution is 6.30. The molecule has 2 aliphatic heterocycles. The molecule has 8 nitrogen and oxygen atoms in total. The van der Waals surface area contributed by atoms with E-state index in [1.165, 1.54) is 12.1 Å². The van der Waals surface area contributed by atoms with E-state index in [4.69, 9.17) is 31.8 Å². The summed E-state index contributed by atoms with van der Waals surface area (Å²) >= 11 is 5.78. The van der Waals surface area contributed by atoms with Crippen molar-refractivity contribution >= 4 is 28.5 Å². The summed E-state index contributed by atoms with van der Waals surface area (Å²) in [6.07, 6.45) is -3.39. The SMILES string of the molecule is NC(=O)c1ccc2c(c1)nc(CN1CCc3cc(C(F)(F)F)c(OCc4ccc(Cl)cc4F)nc3C1)n2C[C@@H]1CCO1. The molecule has 1 fully saturated rings. The van der Waals surface area contributed by atoms with Crippen molar-refractivity contribution in [3.63, 3.8) is 0 Å². The third kappa shape index (κ3) is 5.79. The molecule has 2 aromatic heterocycles. The minimum Gasteiger partial charge on any atom is -0.472 e. The standard InChI is InChI=1S/C29H26ClF4N5O3/c30-19-3-1-18(22(31)11-19)15-42-28-21(29(32,33)34)9-16-5-7-38(13-24(16)37-28)14-26-36-23-10-17(27(35)40)2-4-25(23)39(26)12-20-6-8-41-20/h1-4,9-11,20H,5-8,12-15H2,(H2,35,40)/t20-/m0/s1. The maximum atomic E-state index is 14.2. The number of nitrogens with zero attached hydrogens (tertiary/aromatic N) is 4. The number of aromatic nitrogens is 3. The Kier molecular flexibility index (Phi) is 7.54. The van der Waals surface area contributed by atoms with Gasteiger partial charge in [-0.15, -0.1) is 0 Å². The smallest absolute Gasteiger partial charge is 0.421 e. The number of ether oxygens (including phenoxy) is 2. The molecule has 2 aliphatic rings. The molecule has 1 amide bonds. The monoisotopic (exact) mass is 603 g/mol. The summed E-state index contributed by atoms with van der Waals surface area (Å²) in [5.41, 5.74) is 7.24. The van der Waals surface area contributed by atoms with Gasteiger partial charge in [0.05, 0.1) is 35.9 Å². The molecule has 0 unspecified atom stereocenters. The number of carbonyl (C=O) groups excluding carboxylic acids is 1. The van der Waals surface area contributed by atoms with Crippen molar-refractivity contribution in [2.75, 3.05) is 13.2 Å². The van der Waals surface area contributed by atoms with Crippen LogP contribution in [0.5, 0.6) is 5.88 Å². The van der Waals surface area contributed by atoms with E-state index >= 15 is 0 Å². The van der Waals surface area contributed by atoms with Crippen LogP contribution in [0, 0.1) is 5.82 Å². The van der Waals surface area contributed by atoms with Crippen molar-refractivity contribution in [1.29, 1.82) is 0 Å². The Morgan fingerprint density at radius 1 is 1.17 bits per heavy atom. The quantitative estimate of drug-likeness (QED) is 0.276. The molecule has 0 bridgehead atoms. The molecular formula is C29H26ClF4N5O3.